The smallest absolute Gasteiger partial charge is 0.323 e. The molecular weight excluding hydrogens is 244 g/mol. The van der Waals surface area contributed by atoms with Gasteiger partial charge in [0.25, 0.3) is 0 Å². The normalized spacial score (nSPS) is 22.5. The molecule has 2 saturated carbocycles. The van der Waals surface area contributed by atoms with E-state index in [1.807, 2.05) is 0 Å². The minimum Gasteiger partial charge on any atom is -0.480 e. The summed E-state index contributed by atoms with van der Waals surface area (Å²) < 4.78 is 0. The van der Waals surface area contributed by atoms with Crippen LogP contribution in [-0.4, -0.2) is 35.1 Å². The molecule has 0 aromatic heterocycles. The van der Waals surface area contributed by atoms with Crippen LogP contribution < -0.4 is 10.6 Å². The maximum absolute atomic E-state index is 11.8. The first kappa shape index (κ1) is 14.3. The molecule has 5 nitrogen and oxygen atoms in total. The van der Waals surface area contributed by atoms with Crippen LogP contribution in [0.5, 0.6) is 0 Å². The predicted molar refractivity (Wildman–Crippen MR) is 71.9 cm³/mol. The molecule has 0 unspecified atom stereocenters. The Balaban J connectivity index is 1.64. The molecule has 2 aliphatic carbocycles. The van der Waals surface area contributed by atoms with Gasteiger partial charge in [0.1, 0.15) is 5.54 Å². The molecule has 0 aromatic rings. The van der Waals surface area contributed by atoms with Gasteiger partial charge in [-0.25, -0.2) is 0 Å². The second-order valence-electron chi connectivity index (χ2n) is 5.82. The molecule has 2 fully saturated rings. The summed E-state index contributed by atoms with van der Waals surface area (Å²) in [5.41, 5.74) is -0.759. The van der Waals surface area contributed by atoms with Gasteiger partial charge < -0.3 is 15.7 Å². The molecule has 2 aliphatic rings. The SMILES string of the molecule is O=C(CCNC1(C(=O)O)CCC1)NC1CCCCC1. The number of carboxylic acids is 1. The number of amides is 1. The topological polar surface area (TPSA) is 78.4 Å². The van der Waals surface area contributed by atoms with Gasteiger partial charge in [0.15, 0.2) is 0 Å². The van der Waals surface area contributed by atoms with Gasteiger partial charge in [-0.1, -0.05) is 19.3 Å². The number of carbonyl (C=O) groups is 2. The van der Waals surface area contributed by atoms with Gasteiger partial charge in [0.2, 0.25) is 5.91 Å². The fraction of sp³-hybridized carbons (Fsp3) is 0.857. The number of carboxylic acid groups (broad SMARTS) is 1. The number of hydrogen-bond donors (Lipinski definition) is 3. The highest BCUT2D eigenvalue weighted by molar-refractivity contribution is 5.80. The molecular formula is C14H24N2O3. The summed E-state index contributed by atoms with van der Waals surface area (Å²) in [5.74, 6) is -0.745. The monoisotopic (exact) mass is 268 g/mol. The molecule has 0 aliphatic heterocycles. The molecule has 1 amide bonds. The van der Waals surface area contributed by atoms with Crippen LogP contribution in [0, 0.1) is 0 Å². The van der Waals surface area contributed by atoms with Gasteiger partial charge in [-0.15, -0.1) is 0 Å². The van der Waals surface area contributed by atoms with Gasteiger partial charge in [0.05, 0.1) is 0 Å². The van der Waals surface area contributed by atoms with E-state index in [0.29, 0.717) is 31.8 Å². The minimum absolute atomic E-state index is 0.0410. The second-order valence-corrected chi connectivity index (χ2v) is 5.82. The lowest BCUT2D eigenvalue weighted by atomic mass is 9.77. The Morgan fingerprint density at radius 1 is 1.11 bits per heavy atom. The van der Waals surface area contributed by atoms with Crippen molar-refractivity contribution in [2.75, 3.05) is 6.54 Å². The van der Waals surface area contributed by atoms with Crippen LogP contribution in [0.15, 0.2) is 0 Å². The van der Waals surface area contributed by atoms with E-state index in [1.54, 1.807) is 0 Å². The van der Waals surface area contributed by atoms with E-state index < -0.39 is 11.5 Å². The summed E-state index contributed by atoms with van der Waals surface area (Å²) >= 11 is 0. The number of aliphatic carboxylic acids is 1. The third-order valence-corrected chi connectivity index (χ3v) is 4.40. The average Bonchev–Trinajstić information content (AvgIpc) is 2.33. The Hall–Kier alpha value is -1.10. The highest BCUT2D eigenvalue weighted by Gasteiger charge is 2.43. The van der Waals surface area contributed by atoms with E-state index in [2.05, 4.69) is 10.6 Å². The molecule has 108 valence electrons. The fourth-order valence-corrected chi connectivity index (χ4v) is 2.96. The van der Waals surface area contributed by atoms with Crippen molar-refractivity contribution in [2.24, 2.45) is 0 Å². The summed E-state index contributed by atoms with van der Waals surface area (Å²) in [6.45, 7) is 0.449. The summed E-state index contributed by atoms with van der Waals surface area (Å²) in [4.78, 5) is 22.9. The van der Waals surface area contributed by atoms with Gasteiger partial charge in [-0.2, -0.15) is 0 Å². The lowest BCUT2D eigenvalue weighted by Gasteiger charge is -2.38. The van der Waals surface area contributed by atoms with Crippen molar-refractivity contribution in [3.63, 3.8) is 0 Å². The Kier molecular flexibility index (Phi) is 4.80. The molecule has 0 atom stereocenters. The number of rotatable bonds is 6. The highest BCUT2D eigenvalue weighted by atomic mass is 16.4. The first-order chi connectivity index (χ1) is 9.12. The largest absolute Gasteiger partial charge is 0.480 e. The van der Waals surface area contributed by atoms with Crippen LogP contribution in [-0.2, 0) is 9.59 Å². The third-order valence-electron chi connectivity index (χ3n) is 4.40. The van der Waals surface area contributed by atoms with E-state index >= 15 is 0 Å². The zero-order valence-corrected chi connectivity index (χ0v) is 11.4. The molecule has 0 saturated heterocycles. The van der Waals surface area contributed by atoms with Crippen molar-refractivity contribution < 1.29 is 14.7 Å². The Morgan fingerprint density at radius 3 is 2.32 bits per heavy atom. The standard InChI is InChI=1S/C14H24N2O3/c17-12(16-11-5-2-1-3-6-11)7-10-15-14(13(18)19)8-4-9-14/h11,15H,1-10H2,(H,16,17)(H,18,19). The maximum atomic E-state index is 11.8. The molecule has 19 heavy (non-hydrogen) atoms. The van der Waals surface area contributed by atoms with Crippen LogP contribution in [0.3, 0.4) is 0 Å². The molecule has 3 N–H and O–H groups in total. The zero-order valence-electron chi connectivity index (χ0n) is 11.4. The predicted octanol–water partition coefficient (Wildman–Crippen LogP) is 1.42. The van der Waals surface area contributed by atoms with Crippen LogP contribution >= 0.6 is 0 Å². The van der Waals surface area contributed by atoms with Gasteiger partial charge in [0, 0.05) is 19.0 Å². The van der Waals surface area contributed by atoms with Gasteiger partial charge in [-0.05, 0) is 32.1 Å². The van der Waals surface area contributed by atoms with E-state index in [4.69, 9.17) is 5.11 Å². The minimum atomic E-state index is -0.786. The lowest BCUT2D eigenvalue weighted by Crippen LogP contribution is -2.57. The zero-order chi connectivity index (χ0) is 13.7. The van der Waals surface area contributed by atoms with Gasteiger partial charge in [-0.3, -0.25) is 9.59 Å². The quantitative estimate of drug-likeness (QED) is 0.681. The van der Waals surface area contributed by atoms with E-state index in [-0.39, 0.29) is 5.91 Å². The van der Waals surface area contributed by atoms with Crippen LogP contribution in [0.2, 0.25) is 0 Å². The molecule has 0 aromatic carbocycles. The van der Waals surface area contributed by atoms with Crippen molar-refractivity contribution in [2.45, 2.75) is 69.4 Å². The Bertz CT molecular complexity index is 334. The van der Waals surface area contributed by atoms with Gasteiger partial charge >= 0.3 is 5.97 Å². The number of hydrogen-bond acceptors (Lipinski definition) is 3. The van der Waals surface area contributed by atoms with Crippen molar-refractivity contribution in [1.29, 1.82) is 0 Å². The number of nitrogens with one attached hydrogen (secondary N) is 2. The fourth-order valence-electron chi connectivity index (χ4n) is 2.96. The van der Waals surface area contributed by atoms with E-state index in [9.17, 15) is 9.59 Å². The van der Waals surface area contributed by atoms with Crippen LogP contribution in [0.25, 0.3) is 0 Å². The van der Waals surface area contributed by atoms with Crippen molar-refractivity contribution in [1.82, 2.24) is 10.6 Å². The Morgan fingerprint density at radius 2 is 1.79 bits per heavy atom. The maximum Gasteiger partial charge on any atom is 0.323 e. The average molecular weight is 268 g/mol. The third kappa shape index (κ3) is 3.69. The molecule has 2 rings (SSSR count). The first-order valence-corrected chi connectivity index (χ1v) is 7.40. The molecule has 0 bridgehead atoms. The number of carbonyl (C=O) groups excluding carboxylic acids is 1. The highest BCUT2D eigenvalue weighted by Crippen LogP contribution is 2.31. The van der Waals surface area contributed by atoms with E-state index in [1.165, 1.54) is 19.3 Å². The van der Waals surface area contributed by atoms with Crippen LogP contribution in [0.4, 0.5) is 0 Å². The summed E-state index contributed by atoms with van der Waals surface area (Å²) in [5, 5.41) is 15.2. The summed E-state index contributed by atoms with van der Waals surface area (Å²) in [6.07, 6.45) is 8.50. The Labute approximate surface area is 114 Å². The van der Waals surface area contributed by atoms with Crippen molar-refractivity contribution in [3.05, 3.63) is 0 Å². The van der Waals surface area contributed by atoms with Crippen molar-refractivity contribution in [3.8, 4) is 0 Å². The molecule has 0 spiro atoms. The lowest BCUT2D eigenvalue weighted by molar-refractivity contribution is -0.149. The summed E-state index contributed by atoms with van der Waals surface area (Å²) in [7, 11) is 0. The van der Waals surface area contributed by atoms with Crippen LogP contribution in [0.1, 0.15) is 57.8 Å². The summed E-state index contributed by atoms with van der Waals surface area (Å²) in [6, 6.07) is 0.332. The molecule has 5 heteroatoms. The van der Waals surface area contributed by atoms with Crippen molar-refractivity contribution >= 4 is 11.9 Å². The molecule has 0 heterocycles. The van der Waals surface area contributed by atoms with E-state index in [0.717, 1.165) is 19.3 Å². The molecule has 0 radical (unpaired) electrons. The second kappa shape index (κ2) is 6.37. The first-order valence-electron chi connectivity index (χ1n) is 7.40.